The Morgan fingerprint density at radius 1 is 0.955 bits per heavy atom. The minimum Gasteiger partial charge on any atom is -0.337 e. The molecule has 0 radical (unpaired) electrons. The molecule has 0 bridgehead atoms. The number of benzene rings is 2. The van der Waals surface area contributed by atoms with Gasteiger partial charge in [0.1, 0.15) is 0 Å². The molecule has 0 fully saturated rings. The molecule has 0 unspecified atom stereocenters. The molecule has 0 aromatic heterocycles. The lowest BCUT2D eigenvalue weighted by Gasteiger charge is -2.17. The van der Waals surface area contributed by atoms with Crippen LogP contribution in [0.5, 0.6) is 0 Å². The van der Waals surface area contributed by atoms with E-state index in [2.05, 4.69) is 31.2 Å². The molecule has 0 saturated heterocycles. The smallest absolute Gasteiger partial charge is 0.253 e. The normalized spacial score (nSPS) is 9.95. The van der Waals surface area contributed by atoms with Crippen molar-refractivity contribution in [2.75, 3.05) is 7.05 Å². The molecule has 0 aliphatic heterocycles. The van der Waals surface area contributed by atoms with Gasteiger partial charge in [0.15, 0.2) is 0 Å². The Kier molecular flexibility index (Phi) is 7.09. The third-order valence-electron chi connectivity index (χ3n) is 3.63. The molecule has 3 nitrogen and oxygen atoms in total. The maximum Gasteiger partial charge on any atom is 0.253 e. The van der Waals surface area contributed by atoms with Gasteiger partial charge < -0.3 is 10.6 Å². The van der Waals surface area contributed by atoms with Crippen molar-refractivity contribution in [2.45, 2.75) is 26.4 Å². The SMILES string of the molecule is CCc1ccc(CN(C)C(=O)c2ccc(CN)cc2)cc1.Cl. The van der Waals surface area contributed by atoms with Crippen molar-refractivity contribution < 1.29 is 4.79 Å². The van der Waals surface area contributed by atoms with E-state index in [9.17, 15) is 4.79 Å². The number of halogens is 1. The van der Waals surface area contributed by atoms with Crippen molar-refractivity contribution in [2.24, 2.45) is 5.73 Å². The second-order valence-electron chi connectivity index (χ2n) is 5.23. The van der Waals surface area contributed by atoms with Crippen LogP contribution >= 0.6 is 12.4 Å². The van der Waals surface area contributed by atoms with Crippen LogP contribution in [-0.4, -0.2) is 17.9 Å². The van der Waals surface area contributed by atoms with Crippen molar-refractivity contribution in [3.8, 4) is 0 Å². The Bertz CT molecular complexity index is 593. The van der Waals surface area contributed by atoms with Gasteiger partial charge in [-0.3, -0.25) is 4.79 Å². The number of nitrogens with zero attached hydrogens (tertiary/aromatic N) is 1. The molecule has 2 aromatic carbocycles. The molecule has 22 heavy (non-hydrogen) atoms. The third-order valence-corrected chi connectivity index (χ3v) is 3.63. The van der Waals surface area contributed by atoms with Crippen molar-refractivity contribution in [1.29, 1.82) is 0 Å². The van der Waals surface area contributed by atoms with E-state index in [0.29, 0.717) is 18.7 Å². The molecule has 4 heteroatoms. The Morgan fingerprint density at radius 3 is 1.95 bits per heavy atom. The van der Waals surface area contributed by atoms with Gasteiger partial charge in [-0.25, -0.2) is 0 Å². The highest BCUT2D eigenvalue weighted by Gasteiger charge is 2.11. The van der Waals surface area contributed by atoms with E-state index < -0.39 is 0 Å². The van der Waals surface area contributed by atoms with E-state index in [1.54, 1.807) is 4.90 Å². The second-order valence-corrected chi connectivity index (χ2v) is 5.23. The number of amides is 1. The molecule has 0 spiro atoms. The van der Waals surface area contributed by atoms with Gasteiger partial charge in [-0.05, 0) is 35.2 Å². The Hall–Kier alpha value is -1.84. The van der Waals surface area contributed by atoms with E-state index in [4.69, 9.17) is 5.73 Å². The fourth-order valence-electron chi connectivity index (χ4n) is 2.23. The van der Waals surface area contributed by atoms with Crippen LogP contribution in [0.2, 0.25) is 0 Å². The van der Waals surface area contributed by atoms with Crippen molar-refractivity contribution >= 4 is 18.3 Å². The molecule has 0 atom stereocenters. The average Bonchev–Trinajstić information content (AvgIpc) is 2.55. The van der Waals surface area contributed by atoms with Crippen LogP contribution < -0.4 is 5.73 Å². The Labute approximate surface area is 138 Å². The first-order valence-electron chi connectivity index (χ1n) is 7.26. The fourth-order valence-corrected chi connectivity index (χ4v) is 2.23. The molecule has 0 saturated carbocycles. The number of hydrogen-bond acceptors (Lipinski definition) is 2. The molecule has 2 N–H and O–H groups in total. The first kappa shape index (κ1) is 18.2. The first-order chi connectivity index (χ1) is 10.1. The van der Waals surface area contributed by atoms with Crippen LogP contribution in [0.3, 0.4) is 0 Å². The Balaban J connectivity index is 0.00000242. The predicted octanol–water partition coefficient (Wildman–Crippen LogP) is 3.40. The zero-order chi connectivity index (χ0) is 15.2. The van der Waals surface area contributed by atoms with Crippen LogP contribution in [0.4, 0.5) is 0 Å². The first-order valence-corrected chi connectivity index (χ1v) is 7.26. The zero-order valence-corrected chi connectivity index (χ0v) is 13.9. The number of hydrogen-bond donors (Lipinski definition) is 1. The highest BCUT2D eigenvalue weighted by Crippen LogP contribution is 2.11. The highest BCUT2D eigenvalue weighted by molar-refractivity contribution is 5.94. The highest BCUT2D eigenvalue weighted by atomic mass is 35.5. The lowest BCUT2D eigenvalue weighted by Crippen LogP contribution is -2.26. The fraction of sp³-hybridized carbons (Fsp3) is 0.278. The summed E-state index contributed by atoms with van der Waals surface area (Å²) < 4.78 is 0. The summed E-state index contributed by atoms with van der Waals surface area (Å²) in [5.41, 5.74) is 9.74. The quantitative estimate of drug-likeness (QED) is 0.918. The van der Waals surface area contributed by atoms with Gasteiger partial charge >= 0.3 is 0 Å². The van der Waals surface area contributed by atoms with E-state index in [0.717, 1.165) is 17.5 Å². The molecular weight excluding hydrogens is 296 g/mol. The monoisotopic (exact) mass is 318 g/mol. The number of rotatable bonds is 5. The van der Waals surface area contributed by atoms with Gasteiger partial charge in [-0.1, -0.05) is 43.3 Å². The third kappa shape index (κ3) is 4.58. The Morgan fingerprint density at radius 2 is 1.45 bits per heavy atom. The number of carbonyl (C=O) groups is 1. The van der Waals surface area contributed by atoms with Crippen molar-refractivity contribution in [3.63, 3.8) is 0 Å². The van der Waals surface area contributed by atoms with Crippen LogP contribution in [0.25, 0.3) is 0 Å². The largest absolute Gasteiger partial charge is 0.337 e. The lowest BCUT2D eigenvalue weighted by molar-refractivity contribution is 0.0785. The molecule has 2 aromatic rings. The van der Waals surface area contributed by atoms with E-state index in [1.807, 2.05) is 31.3 Å². The molecule has 0 heterocycles. The molecular formula is C18H23ClN2O. The summed E-state index contributed by atoms with van der Waals surface area (Å²) in [4.78, 5) is 14.1. The minimum absolute atomic E-state index is 0. The maximum atomic E-state index is 12.4. The topological polar surface area (TPSA) is 46.3 Å². The maximum absolute atomic E-state index is 12.4. The summed E-state index contributed by atoms with van der Waals surface area (Å²) in [7, 11) is 1.83. The summed E-state index contributed by atoms with van der Waals surface area (Å²) >= 11 is 0. The van der Waals surface area contributed by atoms with E-state index >= 15 is 0 Å². The zero-order valence-electron chi connectivity index (χ0n) is 13.1. The van der Waals surface area contributed by atoms with E-state index in [1.165, 1.54) is 5.56 Å². The van der Waals surface area contributed by atoms with Gasteiger partial charge in [-0.15, -0.1) is 12.4 Å². The predicted molar refractivity (Wildman–Crippen MR) is 93.2 cm³/mol. The molecule has 118 valence electrons. The molecule has 0 aliphatic rings. The van der Waals surface area contributed by atoms with Crippen molar-refractivity contribution in [1.82, 2.24) is 4.90 Å². The van der Waals surface area contributed by atoms with Crippen LogP contribution in [0, 0.1) is 0 Å². The van der Waals surface area contributed by atoms with Gasteiger partial charge in [-0.2, -0.15) is 0 Å². The van der Waals surface area contributed by atoms with Crippen LogP contribution in [0.15, 0.2) is 48.5 Å². The summed E-state index contributed by atoms with van der Waals surface area (Å²) in [6.45, 7) is 3.24. The minimum atomic E-state index is 0. The number of aryl methyl sites for hydroxylation is 1. The molecule has 2 rings (SSSR count). The van der Waals surface area contributed by atoms with Gasteiger partial charge in [0.25, 0.3) is 5.91 Å². The lowest BCUT2D eigenvalue weighted by atomic mass is 10.1. The molecule has 0 aliphatic carbocycles. The van der Waals surface area contributed by atoms with E-state index in [-0.39, 0.29) is 18.3 Å². The number of nitrogens with two attached hydrogens (primary N) is 1. The average molecular weight is 319 g/mol. The van der Waals surface area contributed by atoms with Gasteiger partial charge in [0.05, 0.1) is 0 Å². The summed E-state index contributed by atoms with van der Waals surface area (Å²) in [6.07, 6.45) is 1.03. The van der Waals surface area contributed by atoms with Gasteiger partial charge in [0, 0.05) is 25.7 Å². The summed E-state index contributed by atoms with van der Waals surface area (Å²) in [6, 6.07) is 15.9. The summed E-state index contributed by atoms with van der Waals surface area (Å²) in [5.74, 6) is 0.0261. The van der Waals surface area contributed by atoms with Crippen molar-refractivity contribution in [3.05, 3.63) is 70.8 Å². The molecule has 1 amide bonds. The number of carbonyl (C=O) groups excluding carboxylic acids is 1. The van der Waals surface area contributed by atoms with Gasteiger partial charge in [0.2, 0.25) is 0 Å². The summed E-state index contributed by atoms with van der Waals surface area (Å²) in [5, 5.41) is 0. The van der Waals surface area contributed by atoms with Crippen LogP contribution in [-0.2, 0) is 19.5 Å². The van der Waals surface area contributed by atoms with Crippen LogP contribution in [0.1, 0.15) is 34.0 Å². The standard InChI is InChI=1S/C18H22N2O.ClH/c1-3-14-4-6-16(7-5-14)13-20(2)18(21)17-10-8-15(12-19)9-11-17;/h4-11H,3,12-13,19H2,1-2H3;1H. The second kappa shape index (κ2) is 8.57.